The van der Waals surface area contributed by atoms with Crippen molar-refractivity contribution in [2.24, 2.45) is 11.0 Å². The molecule has 140 valence electrons. The maximum atomic E-state index is 12.7. The van der Waals surface area contributed by atoms with Crippen LogP contribution in [0.15, 0.2) is 56.3 Å². The van der Waals surface area contributed by atoms with Crippen molar-refractivity contribution >= 4 is 23.7 Å². The van der Waals surface area contributed by atoms with Gasteiger partial charge in [0.15, 0.2) is 0 Å². The quantitative estimate of drug-likeness (QED) is 0.864. The molecule has 1 aliphatic heterocycles. The molecule has 2 aliphatic rings. The van der Waals surface area contributed by atoms with Gasteiger partial charge in [-0.2, -0.15) is 5.10 Å². The number of carboxylic acids is 1. The lowest BCUT2D eigenvalue weighted by molar-refractivity contribution is -0.141. The monoisotopic (exact) mass is 368 g/mol. The number of nitrogens with zero attached hydrogens (tertiary/aromatic N) is 2. The van der Waals surface area contributed by atoms with Crippen LogP contribution in [0.4, 0.5) is 0 Å². The Bertz CT molecular complexity index is 880. The minimum Gasteiger partial charge on any atom is -0.481 e. The Hall–Kier alpha value is -3.09. The number of aliphatic carboxylic acids is 1. The maximum absolute atomic E-state index is 12.7. The number of carbonyl (C=O) groups excluding carboxylic acids is 1. The molecule has 0 bridgehead atoms. The van der Waals surface area contributed by atoms with Gasteiger partial charge in [0.1, 0.15) is 17.6 Å². The van der Waals surface area contributed by atoms with Gasteiger partial charge in [-0.05, 0) is 55.2 Å². The molecule has 4 rings (SSSR count). The minimum absolute atomic E-state index is 0.0277. The minimum atomic E-state index is -0.999. The summed E-state index contributed by atoms with van der Waals surface area (Å²) >= 11 is 0. The number of hydrazone groups is 1. The van der Waals surface area contributed by atoms with Crippen molar-refractivity contribution in [1.82, 2.24) is 5.01 Å². The van der Waals surface area contributed by atoms with E-state index in [-0.39, 0.29) is 30.7 Å². The molecule has 1 saturated carbocycles. The van der Waals surface area contributed by atoms with Gasteiger partial charge in [0, 0.05) is 12.3 Å². The average Bonchev–Trinajstić information content (AvgIpc) is 3.39. The summed E-state index contributed by atoms with van der Waals surface area (Å²) < 4.78 is 11.0. The molecular weight excluding hydrogens is 348 g/mol. The van der Waals surface area contributed by atoms with Crippen molar-refractivity contribution in [3.63, 3.8) is 0 Å². The predicted molar refractivity (Wildman–Crippen MR) is 96.6 cm³/mol. The molecule has 3 heterocycles. The maximum Gasteiger partial charge on any atom is 0.303 e. The predicted octanol–water partition coefficient (Wildman–Crippen LogP) is 3.86. The number of carboxylic acid groups (broad SMARTS) is 1. The fourth-order valence-electron chi connectivity index (χ4n) is 3.82. The Morgan fingerprint density at radius 2 is 2.04 bits per heavy atom. The second kappa shape index (κ2) is 7.26. The molecule has 7 heteroatoms. The van der Waals surface area contributed by atoms with Crippen LogP contribution < -0.4 is 0 Å². The van der Waals surface area contributed by atoms with Crippen molar-refractivity contribution < 1.29 is 23.5 Å². The van der Waals surface area contributed by atoms with Crippen molar-refractivity contribution in [1.29, 1.82) is 0 Å². The molecule has 0 saturated heterocycles. The lowest BCUT2D eigenvalue weighted by atomic mass is 9.79. The van der Waals surface area contributed by atoms with E-state index in [0.29, 0.717) is 5.76 Å². The van der Waals surface area contributed by atoms with Crippen molar-refractivity contribution in [3.05, 3.63) is 53.9 Å². The molecular formula is C20H20N2O5. The number of amides is 1. The Morgan fingerprint density at radius 3 is 2.74 bits per heavy atom. The van der Waals surface area contributed by atoms with E-state index in [1.165, 1.54) is 5.01 Å². The first-order valence-corrected chi connectivity index (χ1v) is 9.03. The van der Waals surface area contributed by atoms with Crippen molar-refractivity contribution in [2.45, 2.75) is 38.1 Å². The molecule has 1 N–H and O–H groups in total. The summed E-state index contributed by atoms with van der Waals surface area (Å²) in [7, 11) is 0. The summed E-state index contributed by atoms with van der Waals surface area (Å²) in [4.78, 5) is 23.6. The van der Waals surface area contributed by atoms with E-state index in [1.807, 2.05) is 24.3 Å². The zero-order chi connectivity index (χ0) is 18.8. The highest BCUT2D eigenvalue weighted by molar-refractivity contribution is 6.08. The molecule has 0 unspecified atom stereocenters. The molecule has 2 aromatic rings. The number of fused-ring (bicyclic) bond motifs is 1. The Morgan fingerprint density at radius 1 is 1.22 bits per heavy atom. The second-order valence-electron chi connectivity index (χ2n) is 6.76. The Balaban J connectivity index is 1.68. The second-order valence-corrected chi connectivity index (χ2v) is 6.76. The zero-order valence-electron chi connectivity index (χ0n) is 14.7. The number of furan rings is 2. The third kappa shape index (κ3) is 3.45. The summed E-state index contributed by atoms with van der Waals surface area (Å²) in [6.07, 6.45) is 7.59. The highest BCUT2D eigenvalue weighted by Crippen LogP contribution is 2.44. The van der Waals surface area contributed by atoms with Crippen LogP contribution in [0.25, 0.3) is 6.08 Å². The molecule has 1 aliphatic carbocycles. The van der Waals surface area contributed by atoms with Crippen LogP contribution in [-0.2, 0) is 9.59 Å². The van der Waals surface area contributed by atoms with E-state index in [0.717, 1.165) is 36.3 Å². The standard InChI is InChI=1S/C20H20N2O5/c23-17(8-9-18(24)25)22-20(16-7-3-11-27-16)15-6-1-4-13(19(15)21-22)12-14-5-2-10-26-14/h2-3,5,7,10-12,15,20H,1,4,6,8-9H2,(H,24,25)/b13-12+/t15-,20-/m0/s1. The summed E-state index contributed by atoms with van der Waals surface area (Å²) in [5.41, 5.74) is 1.91. The first-order chi connectivity index (χ1) is 13.1. The number of carbonyl (C=O) groups is 2. The Labute approximate surface area is 155 Å². The topological polar surface area (TPSA) is 96.2 Å². The largest absolute Gasteiger partial charge is 0.481 e. The average molecular weight is 368 g/mol. The molecule has 27 heavy (non-hydrogen) atoms. The van der Waals surface area contributed by atoms with E-state index in [2.05, 4.69) is 5.10 Å². The normalized spacial score (nSPS) is 23.3. The number of allylic oxidation sites excluding steroid dienone is 1. The van der Waals surface area contributed by atoms with Crippen LogP contribution >= 0.6 is 0 Å². The van der Waals surface area contributed by atoms with Crippen LogP contribution in [0.1, 0.15) is 49.7 Å². The highest BCUT2D eigenvalue weighted by Gasteiger charge is 2.45. The van der Waals surface area contributed by atoms with Crippen LogP contribution in [0, 0.1) is 5.92 Å². The van der Waals surface area contributed by atoms with Gasteiger partial charge in [-0.15, -0.1) is 0 Å². The van der Waals surface area contributed by atoms with Gasteiger partial charge in [-0.1, -0.05) is 0 Å². The first-order valence-electron chi connectivity index (χ1n) is 9.03. The number of hydrogen-bond donors (Lipinski definition) is 1. The van der Waals surface area contributed by atoms with E-state index in [9.17, 15) is 9.59 Å². The highest BCUT2D eigenvalue weighted by atomic mass is 16.4. The fraction of sp³-hybridized carbons (Fsp3) is 0.350. The molecule has 2 aromatic heterocycles. The zero-order valence-corrected chi connectivity index (χ0v) is 14.7. The summed E-state index contributed by atoms with van der Waals surface area (Å²) in [6, 6.07) is 7.00. The third-order valence-corrected chi connectivity index (χ3v) is 5.00. The summed E-state index contributed by atoms with van der Waals surface area (Å²) in [5.74, 6) is 0.138. The lowest BCUT2D eigenvalue weighted by Crippen LogP contribution is -2.31. The molecule has 0 aromatic carbocycles. The van der Waals surface area contributed by atoms with E-state index >= 15 is 0 Å². The SMILES string of the molecule is O=C(O)CCC(=O)N1N=C2/C(=C/c3ccco3)CCC[C@@H]2[C@H]1c1ccco1. The molecule has 1 fully saturated rings. The van der Waals surface area contributed by atoms with Crippen LogP contribution in [0.3, 0.4) is 0 Å². The number of rotatable bonds is 5. The Kier molecular flexibility index (Phi) is 4.66. The third-order valence-electron chi connectivity index (χ3n) is 5.00. The van der Waals surface area contributed by atoms with Crippen LogP contribution in [-0.4, -0.2) is 27.7 Å². The van der Waals surface area contributed by atoms with Gasteiger partial charge in [0.2, 0.25) is 5.91 Å². The first kappa shape index (κ1) is 17.3. The van der Waals surface area contributed by atoms with E-state index in [1.54, 1.807) is 18.6 Å². The molecule has 0 radical (unpaired) electrons. The summed E-state index contributed by atoms with van der Waals surface area (Å²) in [5, 5.41) is 14.9. The van der Waals surface area contributed by atoms with Gasteiger partial charge >= 0.3 is 5.97 Å². The van der Waals surface area contributed by atoms with Crippen LogP contribution in [0.5, 0.6) is 0 Å². The van der Waals surface area contributed by atoms with Gasteiger partial charge in [0.05, 0.1) is 24.7 Å². The lowest BCUT2D eigenvalue weighted by Gasteiger charge is -2.27. The van der Waals surface area contributed by atoms with E-state index in [4.69, 9.17) is 13.9 Å². The van der Waals surface area contributed by atoms with Gasteiger partial charge in [-0.3, -0.25) is 9.59 Å². The summed E-state index contributed by atoms with van der Waals surface area (Å²) in [6.45, 7) is 0. The van der Waals surface area contributed by atoms with Crippen molar-refractivity contribution in [3.8, 4) is 0 Å². The molecule has 1 amide bonds. The smallest absolute Gasteiger partial charge is 0.303 e. The molecule has 0 spiro atoms. The van der Waals surface area contributed by atoms with Gasteiger partial charge in [0.25, 0.3) is 0 Å². The van der Waals surface area contributed by atoms with Crippen LogP contribution in [0.2, 0.25) is 0 Å². The van der Waals surface area contributed by atoms with Gasteiger partial charge < -0.3 is 13.9 Å². The molecule has 2 atom stereocenters. The number of hydrogen-bond acceptors (Lipinski definition) is 5. The fourth-order valence-corrected chi connectivity index (χ4v) is 3.82. The molecule has 7 nitrogen and oxygen atoms in total. The van der Waals surface area contributed by atoms with Gasteiger partial charge in [-0.25, -0.2) is 5.01 Å². The van der Waals surface area contributed by atoms with E-state index < -0.39 is 5.97 Å². The van der Waals surface area contributed by atoms with Crippen molar-refractivity contribution in [2.75, 3.05) is 0 Å².